The fourth-order valence-corrected chi connectivity index (χ4v) is 2.87. The van der Waals surface area contributed by atoms with Gasteiger partial charge in [-0.25, -0.2) is 0 Å². The minimum absolute atomic E-state index is 0.0660. The van der Waals surface area contributed by atoms with Gasteiger partial charge in [-0.15, -0.1) is 0 Å². The Morgan fingerprint density at radius 2 is 2.26 bits per heavy atom. The summed E-state index contributed by atoms with van der Waals surface area (Å²) in [6.07, 6.45) is 2.20. The minimum atomic E-state index is -0.465. The predicted molar refractivity (Wildman–Crippen MR) is 76.1 cm³/mol. The maximum Gasteiger partial charge on any atom is 0.261 e. The third-order valence-electron chi connectivity index (χ3n) is 3.23. The summed E-state index contributed by atoms with van der Waals surface area (Å²) in [5.74, 6) is 0.552. The molecule has 2 rings (SSSR count). The Balaban J connectivity index is 2.24. The van der Waals surface area contributed by atoms with Crippen molar-refractivity contribution in [3.63, 3.8) is 0 Å². The molecule has 0 aromatic heterocycles. The Kier molecular flexibility index (Phi) is 4.82. The van der Waals surface area contributed by atoms with Crippen LogP contribution in [0.25, 0.3) is 0 Å². The number of rotatable bonds is 3. The molecule has 1 saturated heterocycles. The number of nitrogens with one attached hydrogen (secondary N) is 1. The Morgan fingerprint density at radius 3 is 3.00 bits per heavy atom. The molecule has 1 unspecified atom stereocenters. The molecule has 0 saturated carbocycles. The van der Waals surface area contributed by atoms with Gasteiger partial charge in [0.15, 0.2) is 6.10 Å². The van der Waals surface area contributed by atoms with Gasteiger partial charge in [0, 0.05) is 16.6 Å². The van der Waals surface area contributed by atoms with Crippen LogP contribution in [0.3, 0.4) is 0 Å². The van der Waals surface area contributed by atoms with E-state index in [-0.39, 0.29) is 12.5 Å². The largest absolute Gasteiger partial charge is 0.480 e. The number of carbonyl (C=O) groups excluding carboxylic acids is 1. The van der Waals surface area contributed by atoms with Crippen molar-refractivity contribution in [3.05, 3.63) is 27.7 Å². The second-order valence-electron chi connectivity index (χ2n) is 4.76. The van der Waals surface area contributed by atoms with E-state index in [2.05, 4.69) is 21.2 Å². The summed E-state index contributed by atoms with van der Waals surface area (Å²) in [5, 5.41) is 12.3. The van der Waals surface area contributed by atoms with Crippen LogP contribution in [0, 0.1) is 6.92 Å². The molecule has 1 aliphatic rings. The maximum atomic E-state index is 11.9. The molecule has 1 aromatic carbocycles. The molecule has 4 nitrogen and oxygen atoms in total. The molecule has 0 bridgehead atoms. The zero-order valence-electron chi connectivity index (χ0n) is 10.9. The van der Waals surface area contributed by atoms with E-state index in [1.54, 1.807) is 0 Å². The van der Waals surface area contributed by atoms with E-state index in [9.17, 15) is 9.90 Å². The number of ether oxygens (including phenoxy) is 1. The van der Waals surface area contributed by atoms with E-state index >= 15 is 0 Å². The average molecular weight is 328 g/mol. The number of aliphatic hydroxyl groups excluding tert-OH is 1. The zero-order valence-corrected chi connectivity index (χ0v) is 12.5. The lowest BCUT2D eigenvalue weighted by molar-refractivity contribution is -0.127. The van der Waals surface area contributed by atoms with Crippen molar-refractivity contribution in [2.24, 2.45) is 0 Å². The van der Waals surface area contributed by atoms with Gasteiger partial charge in [0.05, 0.1) is 6.61 Å². The summed E-state index contributed by atoms with van der Waals surface area (Å²) in [4.78, 5) is 11.9. The molecule has 1 amide bonds. The summed E-state index contributed by atoms with van der Waals surface area (Å²) >= 11 is 3.39. The second kappa shape index (κ2) is 6.39. The highest BCUT2D eigenvalue weighted by Gasteiger charge is 2.24. The Morgan fingerprint density at radius 1 is 1.47 bits per heavy atom. The van der Waals surface area contributed by atoms with Gasteiger partial charge < -0.3 is 15.2 Å². The normalized spacial score (nSPS) is 19.7. The van der Waals surface area contributed by atoms with Crippen LogP contribution in [-0.2, 0) is 11.4 Å². The lowest BCUT2D eigenvalue weighted by atomic mass is 10.1. The summed E-state index contributed by atoms with van der Waals surface area (Å²) < 4.78 is 6.76. The second-order valence-corrected chi connectivity index (χ2v) is 5.68. The van der Waals surface area contributed by atoms with Gasteiger partial charge in [-0.2, -0.15) is 0 Å². The molecule has 1 atom stereocenters. The molecule has 2 N–H and O–H groups in total. The number of benzene rings is 1. The molecular formula is C14H18BrNO3. The topological polar surface area (TPSA) is 58.6 Å². The van der Waals surface area contributed by atoms with Crippen LogP contribution in [-0.4, -0.2) is 23.7 Å². The van der Waals surface area contributed by atoms with E-state index in [1.165, 1.54) is 0 Å². The van der Waals surface area contributed by atoms with Crippen molar-refractivity contribution in [1.82, 2.24) is 5.32 Å². The molecular weight excluding hydrogens is 310 g/mol. The third-order valence-corrected chi connectivity index (χ3v) is 3.69. The number of halogens is 1. The standard InChI is InChI=1S/C14H18BrNO3/c1-9-6-11(15)7-10(8-17)13(9)19-12-4-2-3-5-16-14(12)18/h6-7,12,17H,2-5,8H2,1H3,(H,16,18). The highest BCUT2D eigenvalue weighted by Crippen LogP contribution is 2.30. The average Bonchev–Trinajstić information content (AvgIpc) is 2.57. The molecule has 1 aromatic rings. The van der Waals surface area contributed by atoms with Crippen LogP contribution >= 0.6 is 15.9 Å². The van der Waals surface area contributed by atoms with Crippen molar-refractivity contribution in [3.8, 4) is 5.75 Å². The minimum Gasteiger partial charge on any atom is -0.480 e. The van der Waals surface area contributed by atoms with Crippen LogP contribution in [0.5, 0.6) is 5.75 Å². The van der Waals surface area contributed by atoms with E-state index in [0.29, 0.717) is 24.3 Å². The molecule has 1 heterocycles. The van der Waals surface area contributed by atoms with E-state index in [4.69, 9.17) is 4.74 Å². The third kappa shape index (κ3) is 3.48. The number of aryl methyl sites for hydroxylation is 1. The number of amides is 1. The molecule has 1 fully saturated rings. The maximum absolute atomic E-state index is 11.9. The Bertz CT molecular complexity index is 476. The van der Waals surface area contributed by atoms with E-state index in [1.807, 2.05) is 19.1 Å². The summed E-state index contributed by atoms with van der Waals surface area (Å²) in [6, 6.07) is 3.74. The van der Waals surface area contributed by atoms with E-state index in [0.717, 1.165) is 22.9 Å². The monoisotopic (exact) mass is 327 g/mol. The fourth-order valence-electron chi connectivity index (χ4n) is 2.25. The van der Waals surface area contributed by atoms with Crippen molar-refractivity contribution < 1.29 is 14.6 Å². The first-order valence-electron chi connectivity index (χ1n) is 6.46. The molecule has 0 aliphatic carbocycles. The SMILES string of the molecule is Cc1cc(Br)cc(CO)c1OC1CCCCNC1=O. The van der Waals surface area contributed by atoms with Crippen molar-refractivity contribution >= 4 is 21.8 Å². The first kappa shape index (κ1) is 14.3. The lowest BCUT2D eigenvalue weighted by Gasteiger charge is -2.20. The molecule has 5 heteroatoms. The Hall–Kier alpha value is -1.07. The van der Waals surface area contributed by atoms with Gasteiger partial charge in [0.25, 0.3) is 5.91 Å². The van der Waals surface area contributed by atoms with Gasteiger partial charge in [-0.05, 0) is 43.9 Å². The quantitative estimate of drug-likeness (QED) is 0.895. The van der Waals surface area contributed by atoms with Gasteiger partial charge >= 0.3 is 0 Å². The predicted octanol–water partition coefficient (Wildman–Crippen LogP) is 2.30. The zero-order chi connectivity index (χ0) is 13.8. The first-order chi connectivity index (χ1) is 9.11. The highest BCUT2D eigenvalue weighted by atomic mass is 79.9. The van der Waals surface area contributed by atoms with Gasteiger partial charge in [0.2, 0.25) is 0 Å². The highest BCUT2D eigenvalue weighted by molar-refractivity contribution is 9.10. The van der Waals surface area contributed by atoms with E-state index < -0.39 is 6.10 Å². The number of carbonyl (C=O) groups is 1. The molecule has 104 valence electrons. The van der Waals surface area contributed by atoms with Crippen LogP contribution in [0.1, 0.15) is 30.4 Å². The van der Waals surface area contributed by atoms with Crippen LogP contribution < -0.4 is 10.1 Å². The summed E-state index contributed by atoms with van der Waals surface area (Å²) in [6.45, 7) is 2.52. The van der Waals surface area contributed by atoms with Gasteiger partial charge in [-0.3, -0.25) is 4.79 Å². The number of hydrogen-bond donors (Lipinski definition) is 2. The van der Waals surface area contributed by atoms with Gasteiger partial charge in [0.1, 0.15) is 5.75 Å². The van der Waals surface area contributed by atoms with Crippen molar-refractivity contribution in [1.29, 1.82) is 0 Å². The van der Waals surface area contributed by atoms with Crippen LogP contribution in [0.15, 0.2) is 16.6 Å². The summed E-state index contributed by atoms with van der Waals surface area (Å²) in [7, 11) is 0. The van der Waals surface area contributed by atoms with Crippen LogP contribution in [0.2, 0.25) is 0 Å². The molecule has 0 radical (unpaired) electrons. The Labute approximate surface area is 121 Å². The molecule has 0 spiro atoms. The van der Waals surface area contributed by atoms with Crippen LogP contribution in [0.4, 0.5) is 0 Å². The number of aliphatic hydroxyl groups is 1. The van der Waals surface area contributed by atoms with Gasteiger partial charge in [-0.1, -0.05) is 15.9 Å². The van der Waals surface area contributed by atoms with Crippen molar-refractivity contribution in [2.45, 2.75) is 38.9 Å². The smallest absolute Gasteiger partial charge is 0.261 e. The fraction of sp³-hybridized carbons (Fsp3) is 0.500. The number of hydrogen-bond acceptors (Lipinski definition) is 3. The first-order valence-corrected chi connectivity index (χ1v) is 7.25. The summed E-state index contributed by atoms with van der Waals surface area (Å²) in [5.41, 5.74) is 1.61. The molecule has 19 heavy (non-hydrogen) atoms. The molecule has 1 aliphatic heterocycles. The van der Waals surface area contributed by atoms with Crippen molar-refractivity contribution in [2.75, 3.05) is 6.54 Å². The lowest BCUT2D eigenvalue weighted by Crippen LogP contribution is -2.36.